The highest BCUT2D eigenvalue weighted by Gasteiger charge is 2.07. The number of hydrogen-bond acceptors (Lipinski definition) is 5. The Bertz CT molecular complexity index is 586. The summed E-state index contributed by atoms with van der Waals surface area (Å²) in [6.45, 7) is 2.17. The van der Waals surface area contributed by atoms with E-state index in [4.69, 9.17) is 4.74 Å². The third-order valence-corrected chi connectivity index (χ3v) is 3.32. The second-order valence-electron chi connectivity index (χ2n) is 4.08. The first-order valence-electron chi connectivity index (χ1n) is 6.30. The highest BCUT2D eigenvalue weighted by Crippen LogP contribution is 2.22. The molecule has 0 unspecified atom stereocenters. The summed E-state index contributed by atoms with van der Waals surface area (Å²) in [4.78, 5) is 15.6. The first-order valence-corrected chi connectivity index (χ1v) is 7.18. The van der Waals surface area contributed by atoms with Crippen molar-refractivity contribution in [2.75, 3.05) is 11.9 Å². The Labute approximate surface area is 120 Å². The van der Waals surface area contributed by atoms with Gasteiger partial charge in [-0.05, 0) is 25.1 Å². The van der Waals surface area contributed by atoms with Crippen LogP contribution in [-0.4, -0.2) is 17.6 Å². The van der Waals surface area contributed by atoms with Crippen molar-refractivity contribution >= 4 is 28.1 Å². The second kappa shape index (κ2) is 7.00. The van der Waals surface area contributed by atoms with Gasteiger partial charge in [0.1, 0.15) is 5.82 Å². The third kappa shape index (κ3) is 4.31. The topological polar surface area (TPSA) is 51.2 Å². The Morgan fingerprint density at radius 3 is 3.10 bits per heavy atom. The van der Waals surface area contributed by atoms with Gasteiger partial charge >= 0.3 is 5.97 Å². The van der Waals surface area contributed by atoms with E-state index < -0.39 is 0 Å². The van der Waals surface area contributed by atoms with E-state index in [0.717, 1.165) is 5.69 Å². The molecule has 6 heteroatoms. The average Bonchev–Trinajstić information content (AvgIpc) is 2.84. The molecule has 0 fully saturated rings. The molecule has 4 nitrogen and oxygen atoms in total. The lowest BCUT2D eigenvalue weighted by Crippen LogP contribution is -2.05. The van der Waals surface area contributed by atoms with E-state index in [2.05, 4.69) is 10.3 Å². The number of hydrogen-bond donors (Lipinski definition) is 1. The first-order chi connectivity index (χ1) is 9.67. The van der Waals surface area contributed by atoms with E-state index in [9.17, 15) is 9.18 Å². The van der Waals surface area contributed by atoms with Crippen molar-refractivity contribution in [3.63, 3.8) is 0 Å². The van der Waals surface area contributed by atoms with Gasteiger partial charge in [0.2, 0.25) is 0 Å². The molecule has 2 rings (SSSR count). The predicted molar refractivity (Wildman–Crippen MR) is 76.8 cm³/mol. The molecule has 0 aliphatic heterocycles. The van der Waals surface area contributed by atoms with Crippen LogP contribution >= 0.6 is 11.3 Å². The van der Waals surface area contributed by atoms with Crippen LogP contribution in [0.1, 0.15) is 19.0 Å². The smallest absolute Gasteiger partial charge is 0.306 e. The van der Waals surface area contributed by atoms with Crippen molar-refractivity contribution in [2.45, 2.75) is 19.8 Å². The number of rotatable bonds is 6. The minimum absolute atomic E-state index is 0.222. The average molecular weight is 294 g/mol. The van der Waals surface area contributed by atoms with Crippen LogP contribution < -0.4 is 5.32 Å². The number of nitrogens with one attached hydrogen (secondary N) is 1. The molecule has 0 radical (unpaired) electrons. The lowest BCUT2D eigenvalue weighted by molar-refractivity contribution is -0.143. The molecule has 20 heavy (non-hydrogen) atoms. The summed E-state index contributed by atoms with van der Waals surface area (Å²) in [6, 6.07) is 6.19. The van der Waals surface area contributed by atoms with Gasteiger partial charge in [-0.3, -0.25) is 4.79 Å². The maximum atomic E-state index is 13.0. The Morgan fingerprint density at radius 2 is 2.35 bits per heavy atom. The van der Waals surface area contributed by atoms with E-state index in [0.29, 0.717) is 30.3 Å². The maximum absolute atomic E-state index is 13.0. The van der Waals surface area contributed by atoms with Crippen LogP contribution in [0.4, 0.5) is 15.2 Å². The standard InChI is InChI=1S/C14H15FN2O2S/c1-2-19-13(18)7-6-12-9-20-14(17-12)16-11-5-3-4-10(15)8-11/h3-5,8-9H,2,6-7H2,1H3,(H,16,17). The zero-order valence-corrected chi connectivity index (χ0v) is 11.9. The molecule has 0 saturated carbocycles. The van der Waals surface area contributed by atoms with E-state index >= 15 is 0 Å². The number of ether oxygens (including phenoxy) is 1. The Morgan fingerprint density at radius 1 is 1.50 bits per heavy atom. The van der Waals surface area contributed by atoms with Crippen LogP contribution in [0.5, 0.6) is 0 Å². The molecule has 0 amide bonds. The minimum atomic E-state index is -0.297. The number of nitrogens with zero attached hydrogens (tertiary/aromatic N) is 1. The lowest BCUT2D eigenvalue weighted by atomic mass is 10.2. The van der Waals surface area contributed by atoms with Crippen molar-refractivity contribution < 1.29 is 13.9 Å². The minimum Gasteiger partial charge on any atom is -0.466 e. The van der Waals surface area contributed by atoms with Gasteiger partial charge in [0.25, 0.3) is 0 Å². The van der Waals surface area contributed by atoms with Crippen molar-refractivity contribution in [1.29, 1.82) is 0 Å². The van der Waals surface area contributed by atoms with Gasteiger partial charge in [0, 0.05) is 17.5 Å². The Balaban J connectivity index is 1.90. The van der Waals surface area contributed by atoms with Crippen LogP contribution in [0.25, 0.3) is 0 Å². The number of halogens is 1. The van der Waals surface area contributed by atoms with Crippen LogP contribution in [0, 0.1) is 5.82 Å². The summed E-state index contributed by atoms with van der Waals surface area (Å²) >= 11 is 1.42. The lowest BCUT2D eigenvalue weighted by Gasteiger charge is -2.02. The molecule has 106 valence electrons. The maximum Gasteiger partial charge on any atom is 0.306 e. The van der Waals surface area contributed by atoms with Gasteiger partial charge in [0.15, 0.2) is 5.13 Å². The van der Waals surface area contributed by atoms with E-state index in [1.54, 1.807) is 19.1 Å². The van der Waals surface area contributed by atoms with Crippen molar-refractivity contribution in [2.24, 2.45) is 0 Å². The summed E-state index contributed by atoms with van der Waals surface area (Å²) in [5.74, 6) is -0.519. The van der Waals surface area contributed by atoms with Gasteiger partial charge in [-0.1, -0.05) is 6.07 Å². The molecule has 0 saturated heterocycles. The summed E-state index contributed by atoms with van der Waals surface area (Å²) in [7, 11) is 0. The van der Waals surface area contributed by atoms with Gasteiger partial charge < -0.3 is 10.1 Å². The van der Waals surface area contributed by atoms with Crippen molar-refractivity contribution in [3.05, 3.63) is 41.2 Å². The van der Waals surface area contributed by atoms with Gasteiger partial charge in [-0.2, -0.15) is 0 Å². The largest absolute Gasteiger partial charge is 0.466 e. The van der Waals surface area contributed by atoms with Gasteiger partial charge in [-0.15, -0.1) is 11.3 Å². The zero-order chi connectivity index (χ0) is 14.4. The van der Waals surface area contributed by atoms with Crippen LogP contribution in [0.15, 0.2) is 29.6 Å². The Hall–Kier alpha value is -1.95. The first kappa shape index (κ1) is 14.5. The number of carbonyl (C=O) groups is 1. The summed E-state index contributed by atoms with van der Waals surface area (Å²) in [5.41, 5.74) is 1.47. The molecule has 1 N–H and O–H groups in total. The fourth-order valence-electron chi connectivity index (χ4n) is 1.63. The summed E-state index contributed by atoms with van der Waals surface area (Å²) in [5, 5.41) is 5.58. The predicted octanol–water partition coefficient (Wildman–Crippen LogP) is 3.52. The zero-order valence-electron chi connectivity index (χ0n) is 11.1. The Kier molecular flexibility index (Phi) is 5.06. The number of aromatic nitrogens is 1. The molecule has 2 aromatic rings. The number of carbonyl (C=O) groups excluding carboxylic acids is 1. The van der Waals surface area contributed by atoms with Crippen molar-refractivity contribution in [1.82, 2.24) is 4.98 Å². The highest BCUT2D eigenvalue weighted by atomic mass is 32.1. The molecule has 1 aromatic heterocycles. The fraction of sp³-hybridized carbons (Fsp3) is 0.286. The SMILES string of the molecule is CCOC(=O)CCc1csc(Nc2cccc(F)c2)n1. The molecule has 0 spiro atoms. The van der Waals surface area contributed by atoms with Crippen molar-refractivity contribution in [3.8, 4) is 0 Å². The quantitative estimate of drug-likeness (QED) is 0.828. The number of thiazole rings is 1. The number of benzene rings is 1. The number of esters is 1. The van der Waals surface area contributed by atoms with Crippen LogP contribution in [0.3, 0.4) is 0 Å². The molecule has 1 heterocycles. The monoisotopic (exact) mass is 294 g/mol. The number of anilines is 2. The molecule has 0 aliphatic rings. The molecular formula is C14H15FN2O2S. The molecule has 0 aliphatic carbocycles. The summed E-state index contributed by atoms with van der Waals surface area (Å²) in [6.07, 6.45) is 0.858. The third-order valence-electron chi connectivity index (χ3n) is 2.52. The van der Waals surface area contributed by atoms with E-state index in [1.165, 1.54) is 23.5 Å². The highest BCUT2D eigenvalue weighted by molar-refractivity contribution is 7.13. The normalized spacial score (nSPS) is 10.3. The molecular weight excluding hydrogens is 279 g/mol. The molecule has 0 bridgehead atoms. The van der Waals surface area contributed by atoms with Gasteiger partial charge in [0.05, 0.1) is 18.7 Å². The van der Waals surface area contributed by atoms with Crippen LogP contribution in [0.2, 0.25) is 0 Å². The fourth-order valence-corrected chi connectivity index (χ4v) is 2.40. The van der Waals surface area contributed by atoms with Crippen LogP contribution in [-0.2, 0) is 16.0 Å². The number of aryl methyl sites for hydroxylation is 1. The van der Waals surface area contributed by atoms with Gasteiger partial charge in [-0.25, -0.2) is 9.37 Å². The molecule has 1 aromatic carbocycles. The second-order valence-corrected chi connectivity index (χ2v) is 4.94. The van der Waals surface area contributed by atoms with E-state index in [1.807, 2.05) is 5.38 Å². The molecule has 0 atom stereocenters. The van der Waals surface area contributed by atoms with E-state index in [-0.39, 0.29) is 11.8 Å². The summed E-state index contributed by atoms with van der Waals surface area (Å²) < 4.78 is 17.9.